The van der Waals surface area contributed by atoms with Gasteiger partial charge in [-0.1, -0.05) is 88.7 Å². The zero-order chi connectivity index (χ0) is 19.1. The molecule has 1 aliphatic rings. The number of hydrogen-bond acceptors (Lipinski definition) is 2. The van der Waals surface area contributed by atoms with Crippen LogP contribution in [0, 0.1) is 0 Å². The highest BCUT2D eigenvalue weighted by Crippen LogP contribution is 2.37. The first-order chi connectivity index (χ1) is 11.6. The van der Waals surface area contributed by atoms with Gasteiger partial charge in [0.05, 0.1) is 0 Å². The molecule has 0 unspecified atom stereocenters. The molecule has 0 saturated carbocycles. The van der Waals surface area contributed by atoms with Gasteiger partial charge in [0.25, 0.3) is 0 Å². The van der Waals surface area contributed by atoms with E-state index in [9.17, 15) is 9.36 Å². The quantitative estimate of drug-likeness (QED) is 0.595. The first-order valence-corrected chi connectivity index (χ1v) is 11.5. The molecule has 0 spiro atoms. The number of carbonyl (C=O) groups is 1. The van der Waals surface area contributed by atoms with Crippen molar-refractivity contribution < 1.29 is 9.36 Å². The molecule has 2 aromatic rings. The fourth-order valence-electron chi connectivity index (χ4n) is 2.70. The van der Waals surface area contributed by atoms with Gasteiger partial charge in [0, 0.05) is 17.3 Å². The predicted octanol–water partition coefficient (Wildman–Crippen LogP) is 5.90. The summed E-state index contributed by atoms with van der Waals surface area (Å²) < 4.78 is 11.4. The minimum atomic E-state index is -2.02. The Bertz CT molecular complexity index is 727. The molecule has 0 atom stereocenters. The largest absolute Gasteiger partial charge is 0.319 e. The standard InChI is InChI=1S/C11H12O.C8H11OP.C3H8/c1-11(2)7-10(12)8-5-3-4-6-9(8)11;1-10(2,9)8-6-4-3-5-7-8;1-3-2/h3-6H,7H2,1-2H3;3-7H,1-2H3;3H2,1-2H3. The van der Waals surface area contributed by atoms with Gasteiger partial charge in [0.15, 0.2) is 5.78 Å². The zero-order valence-corrected chi connectivity index (χ0v) is 17.3. The molecule has 0 heterocycles. The minimum Gasteiger partial charge on any atom is -0.319 e. The third-order valence-electron chi connectivity index (χ3n) is 3.94. The van der Waals surface area contributed by atoms with Crippen molar-refractivity contribution in [1.29, 1.82) is 0 Å². The summed E-state index contributed by atoms with van der Waals surface area (Å²) in [5, 5.41) is 0.954. The maximum Gasteiger partial charge on any atom is 0.164 e. The van der Waals surface area contributed by atoms with Crippen molar-refractivity contribution in [2.45, 2.75) is 46.0 Å². The SMILES string of the molecule is CC1(C)CC(=O)c2ccccc21.CCC.CP(C)(=O)c1ccccc1. The van der Waals surface area contributed by atoms with Gasteiger partial charge in [-0.3, -0.25) is 4.79 Å². The van der Waals surface area contributed by atoms with Crippen LogP contribution < -0.4 is 5.30 Å². The highest BCUT2D eigenvalue weighted by Gasteiger charge is 2.34. The van der Waals surface area contributed by atoms with Gasteiger partial charge in [-0.15, -0.1) is 0 Å². The van der Waals surface area contributed by atoms with E-state index in [1.807, 2.05) is 48.5 Å². The normalized spacial score (nSPS) is 14.6. The second kappa shape index (κ2) is 9.15. The smallest absolute Gasteiger partial charge is 0.164 e. The number of ketones is 1. The van der Waals surface area contributed by atoms with Crippen LogP contribution in [0.15, 0.2) is 54.6 Å². The summed E-state index contributed by atoms with van der Waals surface area (Å²) in [6, 6.07) is 17.5. The fourth-order valence-corrected chi connectivity index (χ4v) is 3.59. The Morgan fingerprint density at radius 1 is 0.920 bits per heavy atom. The summed E-state index contributed by atoms with van der Waals surface area (Å²) in [5.74, 6) is 0.288. The molecule has 0 radical (unpaired) electrons. The van der Waals surface area contributed by atoms with Crippen molar-refractivity contribution in [1.82, 2.24) is 0 Å². The summed E-state index contributed by atoms with van der Waals surface area (Å²) in [6.45, 7) is 12.1. The Morgan fingerprint density at radius 3 is 1.84 bits per heavy atom. The Morgan fingerprint density at radius 2 is 1.40 bits per heavy atom. The van der Waals surface area contributed by atoms with Crippen molar-refractivity contribution in [3.8, 4) is 0 Å². The van der Waals surface area contributed by atoms with Gasteiger partial charge in [-0.05, 0) is 24.3 Å². The molecule has 0 amide bonds. The number of hydrogen-bond donors (Lipinski definition) is 0. The third-order valence-corrected chi connectivity index (χ3v) is 5.48. The van der Waals surface area contributed by atoms with Crippen molar-refractivity contribution in [3.05, 3.63) is 65.7 Å². The lowest BCUT2D eigenvalue weighted by atomic mass is 9.87. The first-order valence-electron chi connectivity index (χ1n) is 8.86. The van der Waals surface area contributed by atoms with Crippen molar-refractivity contribution in [2.75, 3.05) is 13.3 Å². The van der Waals surface area contributed by atoms with E-state index in [2.05, 4.69) is 33.8 Å². The molecule has 0 saturated heterocycles. The zero-order valence-electron chi connectivity index (χ0n) is 16.4. The molecule has 2 nitrogen and oxygen atoms in total. The molecule has 0 aliphatic heterocycles. The second-order valence-corrected chi connectivity index (χ2v) is 10.6. The first kappa shape index (κ1) is 21.4. The van der Waals surface area contributed by atoms with E-state index in [1.54, 1.807) is 13.3 Å². The number of rotatable bonds is 1. The van der Waals surface area contributed by atoms with E-state index in [0.29, 0.717) is 6.42 Å². The molecular weight excluding hydrogens is 327 g/mol. The molecule has 3 heteroatoms. The van der Waals surface area contributed by atoms with Gasteiger partial charge in [-0.2, -0.15) is 0 Å². The summed E-state index contributed by atoms with van der Waals surface area (Å²) >= 11 is 0. The van der Waals surface area contributed by atoms with Crippen molar-refractivity contribution >= 4 is 18.2 Å². The van der Waals surface area contributed by atoms with Crippen LogP contribution in [0.1, 0.15) is 56.5 Å². The molecule has 136 valence electrons. The van der Waals surface area contributed by atoms with Gasteiger partial charge in [-0.25, -0.2) is 0 Å². The van der Waals surface area contributed by atoms with Gasteiger partial charge in [0.1, 0.15) is 7.14 Å². The predicted molar refractivity (Wildman–Crippen MR) is 110 cm³/mol. The summed E-state index contributed by atoms with van der Waals surface area (Å²) in [5.41, 5.74) is 2.17. The van der Waals surface area contributed by atoms with Gasteiger partial charge < -0.3 is 4.57 Å². The molecule has 0 fully saturated rings. The van der Waals surface area contributed by atoms with E-state index in [4.69, 9.17) is 0 Å². The second-order valence-electron chi connectivity index (χ2n) is 7.42. The molecule has 25 heavy (non-hydrogen) atoms. The Hall–Kier alpha value is -1.66. The Kier molecular flexibility index (Phi) is 7.83. The van der Waals surface area contributed by atoms with E-state index in [-0.39, 0.29) is 11.2 Å². The number of carbonyl (C=O) groups excluding carboxylic acids is 1. The molecule has 2 aromatic carbocycles. The monoisotopic (exact) mass is 358 g/mol. The van der Waals surface area contributed by atoms with Crippen LogP contribution in [0.5, 0.6) is 0 Å². The van der Waals surface area contributed by atoms with E-state index >= 15 is 0 Å². The molecule has 0 bridgehead atoms. The van der Waals surface area contributed by atoms with Crippen molar-refractivity contribution in [3.63, 3.8) is 0 Å². The van der Waals surface area contributed by atoms with Crippen molar-refractivity contribution in [2.24, 2.45) is 0 Å². The van der Waals surface area contributed by atoms with E-state index in [1.165, 1.54) is 12.0 Å². The third kappa shape index (κ3) is 6.29. The lowest BCUT2D eigenvalue weighted by Gasteiger charge is -2.16. The Labute approximate surface area is 153 Å². The number of benzene rings is 2. The highest BCUT2D eigenvalue weighted by molar-refractivity contribution is 7.70. The Balaban J connectivity index is 0.000000220. The molecular formula is C22H31O2P. The van der Waals surface area contributed by atoms with Crippen LogP contribution in [0.3, 0.4) is 0 Å². The van der Waals surface area contributed by atoms with Crippen LogP contribution in [0.4, 0.5) is 0 Å². The highest BCUT2D eigenvalue weighted by atomic mass is 31.2. The number of fused-ring (bicyclic) bond motifs is 1. The van der Waals surface area contributed by atoms with E-state index in [0.717, 1.165) is 10.9 Å². The van der Waals surface area contributed by atoms with Crippen LogP contribution in [-0.2, 0) is 9.98 Å². The molecule has 0 N–H and O–H groups in total. The lowest BCUT2D eigenvalue weighted by molar-refractivity contribution is 0.0979. The fraction of sp³-hybridized carbons (Fsp3) is 0.409. The molecule has 0 aromatic heterocycles. The maximum absolute atomic E-state index is 11.5. The molecule has 1 aliphatic carbocycles. The van der Waals surface area contributed by atoms with E-state index < -0.39 is 7.14 Å². The average Bonchev–Trinajstić information content (AvgIpc) is 2.79. The van der Waals surface area contributed by atoms with Crippen LogP contribution in [0.2, 0.25) is 0 Å². The number of Topliss-reactive ketones (excluding diaryl/α,β-unsaturated/α-hetero) is 1. The molecule has 3 rings (SSSR count). The van der Waals surface area contributed by atoms with Gasteiger partial charge in [0.2, 0.25) is 0 Å². The van der Waals surface area contributed by atoms with Gasteiger partial charge >= 0.3 is 0 Å². The van der Waals surface area contributed by atoms with Crippen LogP contribution in [-0.4, -0.2) is 19.1 Å². The maximum atomic E-state index is 11.5. The summed E-state index contributed by atoms with van der Waals surface area (Å²) in [4.78, 5) is 11.5. The topological polar surface area (TPSA) is 34.1 Å². The summed E-state index contributed by atoms with van der Waals surface area (Å²) in [7, 11) is -2.02. The van der Waals surface area contributed by atoms with Crippen LogP contribution >= 0.6 is 7.14 Å². The summed E-state index contributed by atoms with van der Waals surface area (Å²) in [6.07, 6.45) is 1.91. The average molecular weight is 358 g/mol. The minimum absolute atomic E-state index is 0.0493. The lowest BCUT2D eigenvalue weighted by Crippen LogP contribution is -2.12. The van der Waals surface area contributed by atoms with Crippen LogP contribution in [0.25, 0.3) is 0 Å².